The first-order chi connectivity index (χ1) is 9.91. The Labute approximate surface area is 123 Å². The number of carbonyl (C=O) groups excluding carboxylic acids is 1. The Morgan fingerprint density at radius 1 is 1.29 bits per heavy atom. The number of imidazole rings is 1. The number of hydrogen-bond acceptors (Lipinski definition) is 3. The summed E-state index contributed by atoms with van der Waals surface area (Å²) in [6.45, 7) is 5.07. The summed E-state index contributed by atoms with van der Waals surface area (Å²) >= 11 is 0. The van der Waals surface area contributed by atoms with Gasteiger partial charge in [-0.1, -0.05) is 12.1 Å². The minimum atomic E-state index is -1.01. The lowest BCUT2D eigenvalue weighted by Gasteiger charge is -2.28. The van der Waals surface area contributed by atoms with Gasteiger partial charge < -0.3 is 14.6 Å². The first-order valence-corrected chi connectivity index (χ1v) is 6.85. The van der Waals surface area contributed by atoms with Crippen molar-refractivity contribution in [2.75, 3.05) is 6.54 Å². The van der Waals surface area contributed by atoms with E-state index in [2.05, 4.69) is 4.98 Å². The molecule has 21 heavy (non-hydrogen) atoms. The largest absolute Gasteiger partial charge is 0.480 e. The second-order valence-corrected chi connectivity index (χ2v) is 5.27. The van der Waals surface area contributed by atoms with Gasteiger partial charge in [0, 0.05) is 6.04 Å². The van der Waals surface area contributed by atoms with Crippen molar-refractivity contribution in [3.63, 3.8) is 0 Å². The van der Waals surface area contributed by atoms with E-state index in [4.69, 9.17) is 5.11 Å². The van der Waals surface area contributed by atoms with Crippen LogP contribution in [-0.4, -0.2) is 44.0 Å². The van der Waals surface area contributed by atoms with Gasteiger partial charge in [0.2, 0.25) is 5.91 Å². The van der Waals surface area contributed by atoms with Gasteiger partial charge in [-0.05, 0) is 32.9 Å². The van der Waals surface area contributed by atoms with Gasteiger partial charge in [0.25, 0.3) is 0 Å². The van der Waals surface area contributed by atoms with Gasteiger partial charge in [0.1, 0.15) is 12.6 Å². The van der Waals surface area contributed by atoms with E-state index in [9.17, 15) is 9.59 Å². The summed E-state index contributed by atoms with van der Waals surface area (Å²) in [6, 6.07) is 6.86. The maximum Gasteiger partial charge on any atom is 0.323 e. The highest BCUT2D eigenvalue weighted by atomic mass is 16.4. The Morgan fingerprint density at radius 3 is 2.57 bits per heavy atom. The van der Waals surface area contributed by atoms with E-state index in [-0.39, 0.29) is 18.5 Å². The zero-order valence-electron chi connectivity index (χ0n) is 12.4. The number of carboxylic acid groups (broad SMARTS) is 1. The highest BCUT2D eigenvalue weighted by molar-refractivity contribution is 5.86. The number of fused-ring (bicyclic) bond motifs is 1. The Kier molecular flexibility index (Phi) is 4.26. The normalized spacial score (nSPS) is 12.6. The molecule has 2 aromatic rings. The molecule has 0 aliphatic heterocycles. The topological polar surface area (TPSA) is 75.4 Å². The van der Waals surface area contributed by atoms with Crippen molar-refractivity contribution in [3.8, 4) is 0 Å². The number of carboxylic acids is 1. The van der Waals surface area contributed by atoms with Crippen LogP contribution in [0.5, 0.6) is 0 Å². The van der Waals surface area contributed by atoms with Crippen molar-refractivity contribution >= 4 is 22.9 Å². The van der Waals surface area contributed by atoms with Gasteiger partial charge in [-0.3, -0.25) is 9.59 Å². The number of nitrogens with zero attached hydrogens (tertiary/aromatic N) is 3. The number of carbonyl (C=O) groups is 2. The van der Waals surface area contributed by atoms with Crippen molar-refractivity contribution in [2.24, 2.45) is 0 Å². The average molecular weight is 289 g/mol. The van der Waals surface area contributed by atoms with Crippen molar-refractivity contribution in [3.05, 3.63) is 30.6 Å². The molecule has 0 spiro atoms. The van der Waals surface area contributed by atoms with E-state index in [0.717, 1.165) is 11.0 Å². The third-order valence-electron chi connectivity index (χ3n) is 3.47. The zero-order chi connectivity index (χ0) is 15.6. The number of aliphatic carboxylic acids is 1. The maximum absolute atomic E-state index is 12.6. The van der Waals surface area contributed by atoms with Gasteiger partial charge in [-0.2, -0.15) is 0 Å². The minimum Gasteiger partial charge on any atom is -0.480 e. The fraction of sp³-hybridized carbons (Fsp3) is 0.400. The number of benzene rings is 1. The number of hydrogen-bond donors (Lipinski definition) is 1. The molecule has 1 atom stereocenters. The minimum absolute atomic E-state index is 0.175. The standard InChI is InChI=1S/C15H19N3O3/c1-10(2)17(8-14(19)20)15(21)11(3)18-9-16-12-6-4-5-7-13(12)18/h4-7,9-11H,8H2,1-3H3,(H,19,20). The van der Waals surface area contributed by atoms with Gasteiger partial charge >= 0.3 is 5.97 Å². The second kappa shape index (κ2) is 5.95. The highest BCUT2D eigenvalue weighted by Crippen LogP contribution is 2.19. The van der Waals surface area contributed by atoms with Crippen molar-refractivity contribution in [2.45, 2.75) is 32.9 Å². The fourth-order valence-corrected chi connectivity index (χ4v) is 2.31. The third-order valence-corrected chi connectivity index (χ3v) is 3.47. The molecule has 2 rings (SSSR count). The summed E-state index contributed by atoms with van der Waals surface area (Å²) in [6.07, 6.45) is 1.62. The summed E-state index contributed by atoms with van der Waals surface area (Å²) in [4.78, 5) is 29.1. The molecular weight excluding hydrogens is 270 g/mol. The quantitative estimate of drug-likeness (QED) is 0.912. The highest BCUT2D eigenvalue weighted by Gasteiger charge is 2.26. The molecule has 1 amide bonds. The molecule has 1 aromatic carbocycles. The molecule has 1 heterocycles. The molecule has 1 N–H and O–H groups in total. The van der Waals surface area contributed by atoms with Crippen molar-refractivity contribution in [1.29, 1.82) is 0 Å². The lowest BCUT2D eigenvalue weighted by atomic mass is 10.2. The smallest absolute Gasteiger partial charge is 0.323 e. The van der Waals surface area contributed by atoms with Crippen LogP contribution in [0.1, 0.15) is 26.8 Å². The van der Waals surface area contributed by atoms with E-state index in [1.165, 1.54) is 4.90 Å². The Bertz CT molecular complexity index is 663. The van der Waals surface area contributed by atoms with E-state index in [0.29, 0.717) is 0 Å². The lowest BCUT2D eigenvalue weighted by molar-refractivity contribution is -0.147. The number of rotatable bonds is 5. The number of para-hydroxylation sites is 2. The van der Waals surface area contributed by atoms with Crippen LogP contribution in [0.15, 0.2) is 30.6 Å². The van der Waals surface area contributed by atoms with Crippen LogP contribution in [-0.2, 0) is 9.59 Å². The number of amides is 1. The summed E-state index contributed by atoms with van der Waals surface area (Å²) in [5.74, 6) is -1.24. The molecule has 0 aliphatic carbocycles. The predicted octanol–water partition coefficient (Wildman–Crippen LogP) is 1.92. The summed E-state index contributed by atoms with van der Waals surface area (Å²) in [7, 11) is 0. The molecule has 112 valence electrons. The third kappa shape index (κ3) is 3.04. The average Bonchev–Trinajstić information content (AvgIpc) is 2.86. The van der Waals surface area contributed by atoms with Crippen LogP contribution < -0.4 is 0 Å². The van der Waals surface area contributed by atoms with Crippen molar-refractivity contribution in [1.82, 2.24) is 14.5 Å². The predicted molar refractivity (Wildman–Crippen MR) is 78.9 cm³/mol. The molecule has 1 unspecified atom stereocenters. The first-order valence-electron chi connectivity index (χ1n) is 6.85. The molecule has 0 fully saturated rings. The SMILES string of the molecule is CC(C)N(CC(=O)O)C(=O)C(C)n1cnc2ccccc21. The summed E-state index contributed by atoms with van der Waals surface area (Å²) < 4.78 is 1.77. The molecule has 6 heteroatoms. The molecule has 0 aliphatic rings. The molecular formula is C15H19N3O3. The lowest BCUT2D eigenvalue weighted by Crippen LogP contribution is -2.43. The van der Waals surface area contributed by atoms with E-state index in [1.54, 1.807) is 31.7 Å². The first kappa shape index (κ1) is 15.0. The molecule has 6 nitrogen and oxygen atoms in total. The molecule has 0 saturated heterocycles. The summed E-state index contributed by atoms with van der Waals surface area (Å²) in [5, 5.41) is 8.95. The fourth-order valence-electron chi connectivity index (χ4n) is 2.31. The Morgan fingerprint density at radius 2 is 1.95 bits per heavy atom. The monoisotopic (exact) mass is 289 g/mol. The van der Waals surface area contributed by atoms with Gasteiger partial charge in [-0.15, -0.1) is 0 Å². The molecule has 0 bridgehead atoms. The van der Waals surface area contributed by atoms with Crippen LogP contribution in [0.4, 0.5) is 0 Å². The molecule has 1 aromatic heterocycles. The van der Waals surface area contributed by atoms with Gasteiger partial charge in [-0.25, -0.2) is 4.98 Å². The van der Waals surface area contributed by atoms with Crippen LogP contribution in [0.25, 0.3) is 11.0 Å². The maximum atomic E-state index is 12.6. The van der Waals surface area contributed by atoms with Crippen LogP contribution >= 0.6 is 0 Å². The second-order valence-electron chi connectivity index (χ2n) is 5.27. The van der Waals surface area contributed by atoms with E-state index in [1.807, 2.05) is 24.3 Å². The summed E-state index contributed by atoms with van der Waals surface area (Å²) in [5.41, 5.74) is 1.67. The Hall–Kier alpha value is -2.37. The van der Waals surface area contributed by atoms with Crippen LogP contribution in [0.2, 0.25) is 0 Å². The zero-order valence-corrected chi connectivity index (χ0v) is 12.4. The number of aromatic nitrogens is 2. The van der Waals surface area contributed by atoms with Crippen LogP contribution in [0, 0.1) is 0 Å². The van der Waals surface area contributed by atoms with E-state index >= 15 is 0 Å². The molecule has 0 saturated carbocycles. The van der Waals surface area contributed by atoms with Gasteiger partial charge in [0.05, 0.1) is 17.4 Å². The van der Waals surface area contributed by atoms with Gasteiger partial charge in [0.15, 0.2) is 0 Å². The van der Waals surface area contributed by atoms with Crippen LogP contribution in [0.3, 0.4) is 0 Å². The van der Waals surface area contributed by atoms with Crippen molar-refractivity contribution < 1.29 is 14.7 Å². The Balaban J connectivity index is 2.31. The van der Waals surface area contributed by atoms with E-state index < -0.39 is 12.0 Å². The molecule has 0 radical (unpaired) electrons.